The SMILES string of the molecule is CC(C)(C)[Si](C)(C)OCC1C(=O)NC1S(C)(=O)=O. The molecule has 2 atom stereocenters. The zero-order valence-electron chi connectivity index (χ0n) is 11.9. The lowest BCUT2D eigenvalue weighted by Crippen LogP contribution is -2.63. The summed E-state index contributed by atoms with van der Waals surface area (Å²) in [5, 5.41) is 1.68. The van der Waals surface area contributed by atoms with Crippen LogP contribution in [-0.2, 0) is 19.1 Å². The van der Waals surface area contributed by atoms with E-state index >= 15 is 0 Å². The van der Waals surface area contributed by atoms with Crippen LogP contribution >= 0.6 is 0 Å². The van der Waals surface area contributed by atoms with Crippen molar-refractivity contribution in [2.75, 3.05) is 12.9 Å². The van der Waals surface area contributed by atoms with E-state index in [4.69, 9.17) is 4.43 Å². The quantitative estimate of drug-likeness (QED) is 0.623. The van der Waals surface area contributed by atoms with Crippen molar-refractivity contribution in [3.63, 3.8) is 0 Å². The topological polar surface area (TPSA) is 72.5 Å². The summed E-state index contributed by atoms with van der Waals surface area (Å²) in [7, 11) is -5.19. The molecule has 106 valence electrons. The van der Waals surface area contributed by atoms with Gasteiger partial charge in [-0.05, 0) is 18.1 Å². The Balaban J connectivity index is 2.67. The molecule has 1 saturated heterocycles. The van der Waals surface area contributed by atoms with E-state index < -0.39 is 29.4 Å². The molecule has 1 aliphatic heterocycles. The molecule has 1 heterocycles. The van der Waals surface area contributed by atoms with Crippen LogP contribution in [0.5, 0.6) is 0 Å². The van der Waals surface area contributed by atoms with Gasteiger partial charge in [0.15, 0.2) is 18.2 Å². The first-order chi connectivity index (χ1) is 7.86. The molecule has 0 aliphatic carbocycles. The second-order valence-corrected chi connectivity index (χ2v) is 13.4. The van der Waals surface area contributed by atoms with Crippen LogP contribution in [0.1, 0.15) is 20.8 Å². The van der Waals surface area contributed by atoms with Gasteiger partial charge in [0.05, 0.1) is 5.92 Å². The summed E-state index contributed by atoms with van der Waals surface area (Å²) in [6.45, 7) is 10.7. The third-order valence-corrected chi connectivity index (χ3v) is 9.75. The highest BCUT2D eigenvalue weighted by molar-refractivity contribution is 7.91. The fourth-order valence-electron chi connectivity index (χ4n) is 1.47. The number of sulfone groups is 1. The van der Waals surface area contributed by atoms with Crippen LogP contribution in [0.15, 0.2) is 0 Å². The van der Waals surface area contributed by atoms with Gasteiger partial charge in [0.2, 0.25) is 5.91 Å². The molecule has 1 fully saturated rings. The maximum Gasteiger partial charge on any atom is 0.229 e. The summed E-state index contributed by atoms with van der Waals surface area (Å²) in [6.07, 6.45) is 1.14. The largest absolute Gasteiger partial charge is 0.416 e. The van der Waals surface area contributed by atoms with E-state index in [9.17, 15) is 13.2 Å². The molecule has 0 saturated carbocycles. The lowest BCUT2D eigenvalue weighted by molar-refractivity contribution is -0.134. The minimum atomic E-state index is -3.25. The number of nitrogens with one attached hydrogen (secondary N) is 1. The number of hydrogen-bond donors (Lipinski definition) is 1. The average Bonchev–Trinajstić information content (AvgIpc) is 2.10. The molecule has 0 spiro atoms. The third-order valence-electron chi connectivity index (χ3n) is 3.88. The summed E-state index contributed by atoms with van der Waals surface area (Å²) >= 11 is 0. The fourth-order valence-corrected chi connectivity index (χ4v) is 3.63. The van der Waals surface area contributed by atoms with Gasteiger partial charge < -0.3 is 9.74 Å². The molecule has 1 amide bonds. The molecule has 0 aromatic heterocycles. The molecule has 2 unspecified atom stereocenters. The third kappa shape index (κ3) is 3.13. The summed E-state index contributed by atoms with van der Waals surface area (Å²) in [5.74, 6) is -0.793. The normalized spacial score (nSPS) is 25.6. The Hall–Kier alpha value is -0.403. The Morgan fingerprint density at radius 1 is 1.33 bits per heavy atom. The molecule has 1 rings (SSSR count). The van der Waals surface area contributed by atoms with Gasteiger partial charge in [0.1, 0.15) is 5.37 Å². The Bertz CT molecular complexity index is 438. The zero-order chi connectivity index (χ0) is 14.4. The Morgan fingerprint density at radius 2 is 1.83 bits per heavy atom. The van der Waals surface area contributed by atoms with Gasteiger partial charge in [0, 0.05) is 12.9 Å². The maximum absolute atomic E-state index is 11.4. The first-order valence-corrected chi connectivity index (χ1v) is 10.9. The van der Waals surface area contributed by atoms with Crippen molar-refractivity contribution in [2.24, 2.45) is 5.92 Å². The monoisotopic (exact) mass is 293 g/mol. The highest BCUT2D eigenvalue weighted by Crippen LogP contribution is 2.37. The van der Waals surface area contributed by atoms with Crippen LogP contribution in [0.25, 0.3) is 0 Å². The number of carbonyl (C=O) groups is 1. The second kappa shape index (κ2) is 4.61. The van der Waals surface area contributed by atoms with Crippen molar-refractivity contribution in [2.45, 2.75) is 44.3 Å². The Morgan fingerprint density at radius 3 is 2.17 bits per heavy atom. The second-order valence-electron chi connectivity index (χ2n) is 6.44. The van der Waals surface area contributed by atoms with Crippen LogP contribution in [0.2, 0.25) is 18.1 Å². The average molecular weight is 293 g/mol. The lowest BCUT2D eigenvalue weighted by Gasteiger charge is -2.40. The maximum atomic E-state index is 11.4. The minimum Gasteiger partial charge on any atom is -0.416 e. The van der Waals surface area contributed by atoms with E-state index in [2.05, 4.69) is 39.2 Å². The van der Waals surface area contributed by atoms with Gasteiger partial charge >= 0.3 is 0 Å². The lowest BCUT2D eigenvalue weighted by atomic mass is 10.0. The smallest absolute Gasteiger partial charge is 0.229 e. The van der Waals surface area contributed by atoms with Crippen LogP contribution in [-0.4, -0.2) is 40.9 Å². The Labute approximate surface area is 110 Å². The van der Waals surface area contributed by atoms with Gasteiger partial charge in [-0.15, -0.1) is 0 Å². The Kier molecular flexibility index (Phi) is 4.01. The number of β-lactam (4-membered cyclic amide) rings is 1. The van der Waals surface area contributed by atoms with Crippen LogP contribution in [0.3, 0.4) is 0 Å². The number of rotatable bonds is 4. The van der Waals surface area contributed by atoms with Gasteiger partial charge in [-0.25, -0.2) is 8.42 Å². The van der Waals surface area contributed by atoms with Crippen molar-refractivity contribution in [1.29, 1.82) is 0 Å². The predicted octanol–water partition coefficient (Wildman–Crippen LogP) is 1.12. The molecule has 5 nitrogen and oxygen atoms in total. The van der Waals surface area contributed by atoms with Gasteiger partial charge in [-0.1, -0.05) is 20.8 Å². The predicted molar refractivity (Wildman–Crippen MR) is 73.4 cm³/mol. The van der Waals surface area contributed by atoms with Crippen molar-refractivity contribution >= 4 is 24.1 Å². The van der Waals surface area contributed by atoms with Gasteiger partial charge in [-0.3, -0.25) is 4.79 Å². The highest BCUT2D eigenvalue weighted by atomic mass is 32.2. The van der Waals surface area contributed by atoms with E-state index in [1.165, 1.54) is 0 Å². The highest BCUT2D eigenvalue weighted by Gasteiger charge is 2.47. The zero-order valence-corrected chi connectivity index (χ0v) is 13.7. The molecule has 0 aromatic rings. The van der Waals surface area contributed by atoms with Crippen molar-refractivity contribution < 1.29 is 17.6 Å². The van der Waals surface area contributed by atoms with E-state index in [1.807, 2.05) is 0 Å². The van der Waals surface area contributed by atoms with Crippen LogP contribution in [0.4, 0.5) is 0 Å². The molecular weight excluding hydrogens is 270 g/mol. The molecule has 1 N–H and O–H groups in total. The summed E-state index contributed by atoms with van der Waals surface area (Å²) < 4.78 is 28.8. The molecule has 0 bridgehead atoms. The summed E-state index contributed by atoms with van der Waals surface area (Å²) in [4.78, 5) is 11.4. The van der Waals surface area contributed by atoms with Gasteiger partial charge in [0.25, 0.3) is 0 Å². The van der Waals surface area contributed by atoms with E-state index in [0.29, 0.717) is 0 Å². The van der Waals surface area contributed by atoms with E-state index in [0.717, 1.165) is 6.26 Å². The minimum absolute atomic E-state index is 0.0494. The molecule has 1 aliphatic rings. The first kappa shape index (κ1) is 15.7. The van der Waals surface area contributed by atoms with E-state index in [1.54, 1.807) is 0 Å². The molecule has 0 aromatic carbocycles. The molecule has 0 radical (unpaired) electrons. The van der Waals surface area contributed by atoms with Crippen molar-refractivity contribution in [3.8, 4) is 0 Å². The van der Waals surface area contributed by atoms with Crippen molar-refractivity contribution in [3.05, 3.63) is 0 Å². The van der Waals surface area contributed by atoms with Crippen LogP contribution < -0.4 is 5.32 Å². The van der Waals surface area contributed by atoms with Crippen molar-refractivity contribution in [1.82, 2.24) is 5.32 Å². The van der Waals surface area contributed by atoms with E-state index in [-0.39, 0.29) is 17.6 Å². The number of carbonyl (C=O) groups excluding carboxylic acids is 1. The first-order valence-electron chi connectivity index (χ1n) is 5.99. The molecular formula is C11H23NO4SSi. The summed E-state index contributed by atoms with van der Waals surface area (Å²) in [6, 6.07) is 0. The summed E-state index contributed by atoms with van der Waals surface area (Å²) in [5.41, 5.74) is 0. The molecule has 18 heavy (non-hydrogen) atoms. The van der Waals surface area contributed by atoms with Crippen LogP contribution in [0, 0.1) is 5.92 Å². The number of amides is 1. The number of hydrogen-bond acceptors (Lipinski definition) is 4. The fraction of sp³-hybridized carbons (Fsp3) is 0.909. The van der Waals surface area contributed by atoms with Gasteiger partial charge in [-0.2, -0.15) is 0 Å². The standard InChI is InChI=1S/C11H23NO4SSi/c1-11(2,3)18(5,6)16-7-8-9(13)12-10(8)17(4,14)15/h8,10H,7H2,1-6H3,(H,12,13). The molecule has 7 heteroatoms.